The molecule has 2 rings (SSSR count). The highest BCUT2D eigenvalue weighted by molar-refractivity contribution is 8.01. The Bertz CT molecular complexity index is 537. The molecule has 0 spiro atoms. The van der Waals surface area contributed by atoms with Crippen LogP contribution in [0.2, 0.25) is 0 Å². The summed E-state index contributed by atoms with van der Waals surface area (Å²) in [5.41, 5.74) is 1.95. The van der Waals surface area contributed by atoms with Crippen molar-refractivity contribution in [2.45, 2.75) is 63.7 Å². The average Bonchev–Trinajstić information content (AvgIpc) is 2.83. The summed E-state index contributed by atoms with van der Waals surface area (Å²) in [4.78, 5) is 24.3. The molecule has 1 aromatic rings. The lowest BCUT2D eigenvalue weighted by Gasteiger charge is -2.19. The highest BCUT2D eigenvalue weighted by Gasteiger charge is 2.20. The Morgan fingerprint density at radius 1 is 1.12 bits per heavy atom. The number of amides is 2. The molecule has 24 heavy (non-hydrogen) atoms. The Kier molecular flexibility index (Phi) is 7.63. The van der Waals surface area contributed by atoms with Crippen LogP contribution in [-0.4, -0.2) is 28.9 Å². The van der Waals surface area contributed by atoms with E-state index in [1.807, 2.05) is 38.1 Å². The lowest BCUT2D eigenvalue weighted by molar-refractivity contribution is -0.121. The molecule has 1 saturated carbocycles. The molecule has 0 bridgehead atoms. The van der Waals surface area contributed by atoms with Crippen LogP contribution in [0.15, 0.2) is 24.3 Å². The first-order valence-corrected chi connectivity index (χ1v) is 9.88. The second-order valence-electron chi connectivity index (χ2n) is 6.56. The quantitative estimate of drug-likeness (QED) is 0.767. The second kappa shape index (κ2) is 9.72. The number of carbonyl (C=O) groups is 2. The third-order valence-electron chi connectivity index (χ3n) is 4.37. The van der Waals surface area contributed by atoms with E-state index in [1.54, 1.807) is 0 Å². The fraction of sp³-hybridized carbons (Fsp3) is 0.579. The van der Waals surface area contributed by atoms with Crippen molar-refractivity contribution in [3.05, 3.63) is 29.8 Å². The SMILES string of the molecule is Cc1ccc(NC(=O)CS[C@H](C)C(=O)NC2CCCCCC2)cc1. The Hall–Kier alpha value is -1.49. The Labute approximate surface area is 149 Å². The van der Waals surface area contributed by atoms with Gasteiger partial charge in [0.15, 0.2) is 0 Å². The van der Waals surface area contributed by atoms with Crippen LogP contribution < -0.4 is 10.6 Å². The van der Waals surface area contributed by atoms with Gasteiger partial charge in [0, 0.05) is 11.7 Å². The van der Waals surface area contributed by atoms with Crippen LogP contribution >= 0.6 is 11.8 Å². The Morgan fingerprint density at radius 2 is 1.75 bits per heavy atom. The molecule has 2 N–H and O–H groups in total. The van der Waals surface area contributed by atoms with E-state index in [0.717, 1.165) is 24.1 Å². The number of carbonyl (C=O) groups excluding carboxylic acids is 2. The maximum Gasteiger partial charge on any atom is 0.234 e. The molecule has 0 aromatic heterocycles. The number of rotatable bonds is 6. The van der Waals surface area contributed by atoms with Crippen LogP contribution in [0, 0.1) is 6.92 Å². The molecule has 1 aromatic carbocycles. The summed E-state index contributed by atoms with van der Waals surface area (Å²) in [7, 11) is 0. The molecular weight excluding hydrogens is 320 g/mol. The molecule has 1 aliphatic rings. The number of hydrogen-bond donors (Lipinski definition) is 2. The second-order valence-corrected chi connectivity index (χ2v) is 7.89. The molecule has 0 heterocycles. The van der Waals surface area contributed by atoms with Crippen molar-refractivity contribution in [2.24, 2.45) is 0 Å². The molecule has 2 amide bonds. The third kappa shape index (κ3) is 6.56. The molecule has 0 saturated heterocycles. The van der Waals surface area contributed by atoms with Crippen molar-refractivity contribution in [3.63, 3.8) is 0 Å². The van der Waals surface area contributed by atoms with Gasteiger partial charge in [0.25, 0.3) is 0 Å². The summed E-state index contributed by atoms with van der Waals surface area (Å²) in [6.07, 6.45) is 7.11. The van der Waals surface area contributed by atoms with Gasteiger partial charge in [0.2, 0.25) is 11.8 Å². The van der Waals surface area contributed by atoms with Crippen LogP contribution in [0.5, 0.6) is 0 Å². The summed E-state index contributed by atoms with van der Waals surface area (Å²) in [5, 5.41) is 5.80. The number of hydrogen-bond acceptors (Lipinski definition) is 3. The number of thioether (sulfide) groups is 1. The number of nitrogens with one attached hydrogen (secondary N) is 2. The van der Waals surface area contributed by atoms with Gasteiger partial charge < -0.3 is 10.6 Å². The van der Waals surface area contributed by atoms with Crippen molar-refractivity contribution < 1.29 is 9.59 Å². The molecule has 4 nitrogen and oxygen atoms in total. The van der Waals surface area contributed by atoms with E-state index in [9.17, 15) is 9.59 Å². The summed E-state index contributed by atoms with van der Waals surface area (Å²) < 4.78 is 0. The topological polar surface area (TPSA) is 58.2 Å². The van der Waals surface area contributed by atoms with Crippen LogP contribution in [0.25, 0.3) is 0 Å². The normalized spacial score (nSPS) is 16.9. The minimum atomic E-state index is -0.211. The Morgan fingerprint density at radius 3 is 2.38 bits per heavy atom. The average molecular weight is 349 g/mol. The smallest absolute Gasteiger partial charge is 0.234 e. The summed E-state index contributed by atoms with van der Waals surface area (Å²) in [6.45, 7) is 3.88. The first kappa shape index (κ1) is 18.8. The number of anilines is 1. The zero-order valence-electron chi connectivity index (χ0n) is 14.6. The van der Waals surface area contributed by atoms with Gasteiger partial charge in [0.1, 0.15) is 0 Å². The monoisotopic (exact) mass is 348 g/mol. The van der Waals surface area contributed by atoms with Gasteiger partial charge in [-0.2, -0.15) is 0 Å². The van der Waals surface area contributed by atoms with E-state index >= 15 is 0 Å². The lowest BCUT2D eigenvalue weighted by Crippen LogP contribution is -2.39. The fourth-order valence-electron chi connectivity index (χ4n) is 2.85. The summed E-state index contributed by atoms with van der Waals surface area (Å²) in [5.74, 6) is 0.264. The van der Waals surface area contributed by atoms with Gasteiger partial charge >= 0.3 is 0 Å². The van der Waals surface area contributed by atoms with Crippen molar-refractivity contribution >= 4 is 29.3 Å². The highest BCUT2D eigenvalue weighted by Crippen LogP contribution is 2.19. The van der Waals surface area contributed by atoms with E-state index in [2.05, 4.69) is 10.6 Å². The minimum Gasteiger partial charge on any atom is -0.352 e. The van der Waals surface area contributed by atoms with Crippen molar-refractivity contribution in [1.82, 2.24) is 5.32 Å². The van der Waals surface area contributed by atoms with Crippen LogP contribution in [-0.2, 0) is 9.59 Å². The maximum atomic E-state index is 12.3. The third-order valence-corrected chi connectivity index (χ3v) is 5.51. The van der Waals surface area contributed by atoms with E-state index in [0.29, 0.717) is 6.04 Å². The van der Waals surface area contributed by atoms with Crippen molar-refractivity contribution in [1.29, 1.82) is 0 Å². The summed E-state index contributed by atoms with van der Waals surface area (Å²) in [6, 6.07) is 8.02. The van der Waals surface area contributed by atoms with Gasteiger partial charge in [-0.1, -0.05) is 43.4 Å². The molecule has 132 valence electrons. The first-order chi connectivity index (χ1) is 11.5. The lowest BCUT2D eigenvalue weighted by atomic mass is 10.1. The van der Waals surface area contributed by atoms with Gasteiger partial charge in [-0.15, -0.1) is 11.8 Å². The highest BCUT2D eigenvalue weighted by atomic mass is 32.2. The molecular formula is C19H28N2O2S. The first-order valence-electron chi connectivity index (χ1n) is 8.83. The van der Waals surface area contributed by atoms with Crippen molar-refractivity contribution in [2.75, 3.05) is 11.1 Å². The fourth-order valence-corrected chi connectivity index (χ4v) is 3.55. The van der Waals surface area contributed by atoms with E-state index < -0.39 is 0 Å². The van der Waals surface area contributed by atoms with E-state index in [4.69, 9.17) is 0 Å². The molecule has 1 fully saturated rings. The van der Waals surface area contributed by atoms with Crippen LogP contribution in [0.3, 0.4) is 0 Å². The van der Waals surface area contributed by atoms with Gasteiger partial charge in [-0.25, -0.2) is 0 Å². The molecule has 0 radical (unpaired) electrons. The standard InChI is InChI=1S/C19H28N2O2S/c1-14-9-11-17(12-10-14)20-18(22)13-24-15(2)19(23)21-16-7-5-3-4-6-8-16/h9-12,15-16H,3-8,13H2,1-2H3,(H,20,22)(H,21,23)/t15-/m1/s1. The molecule has 1 aliphatic carbocycles. The summed E-state index contributed by atoms with van der Waals surface area (Å²) >= 11 is 1.38. The zero-order valence-corrected chi connectivity index (χ0v) is 15.5. The molecule has 1 atom stereocenters. The predicted octanol–water partition coefficient (Wildman–Crippen LogP) is 3.89. The Balaban J connectivity index is 1.70. The number of benzene rings is 1. The van der Waals surface area contributed by atoms with Crippen LogP contribution in [0.1, 0.15) is 51.0 Å². The molecule has 5 heteroatoms. The zero-order chi connectivity index (χ0) is 17.4. The molecule has 0 aliphatic heterocycles. The predicted molar refractivity (Wildman–Crippen MR) is 101 cm³/mol. The van der Waals surface area contributed by atoms with Crippen molar-refractivity contribution in [3.8, 4) is 0 Å². The van der Waals surface area contributed by atoms with Gasteiger partial charge in [-0.3, -0.25) is 9.59 Å². The van der Waals surface area contributed by atoms with E-state index in [-0.39, 0.29) is 22.8 Å². The van der Waals surface area contributed by atoms with E-state index in [1.165, 1.54) is 37.4 Å². The largest absolute Gasteiger partial charge is 0.352 e. The number of aryl methyl sites for hydroxylation is 1. The maximum absolute atomic E-state index is 12.3. The molecule has 0 unspecified atom stereocenters. The minimum absolute atomic E-state index is 0.0510. The van der Waals surface area contributed by atoms with Gasteiger partial charge in [0.05, 0.1) is 11.0 Å². The van der Waals surface area contributed by atoms with Gasteiger partial charge in [-0.05, 0) is 38.8 Å². The van der Waals surface area contributed by atoms with Crippen LogP contribution in [0.4, 0.5) is 5.69 Å².